The van der Waals surface area contributed by atoms with Crippen molar-refractivity contribution in [1.82, 2.24) is 0 Å². The van der Waals surface area contributed by atoms with E-state index in [1.807, 2.05) is 6.07 Å². The Morgan fingerprint density at radius 1 is 1.03 bits per heavy atom. The zero-order chi connectivity index (χ0) is 20.6. The lowest BCUT2D eigenvalue weighted by atomic mass is 10.2. The summed E-state index contributed by atoms with van der Waals surface area (Å²) in [6.07, 6.45) is 3.41. The van der Waals surface area contributed by atoms with Gasteiger partial charge in [-0.15, -0.1) is 0 Å². The number of halogens is 1. The first kappa shape index (κ1) is 20.5. The number of benzene rings is 2. The third kappa shape index (κ3) is 5.62. The number of hydrogen-bond acceptors (Lipinski definition) is 4. The first-order valence-corrected chi connectivity index (χ1v) is 9.63. The summed E-state index contributed by atoms with van der Waals surface area (Å²) in [6, 6.07) is 15.0. The normalized spacial score (nSPS) is 10.4. The number of anilines is 2. The van der Waals surface area contributed by atoms with Gasteiger partial charge in [0.15, 0.2) is 5.76 Å². The summed E-state index contributed by atoms with van der Waals surface area (Å²) in [5, 5.41) is 5.75. The lowest BCUT2D eigenvalue weighted by Crippen LogP contribution is -2.13. The van der Waals surface area contributed by atoms with Crippen LogP contribution in [0.4, 0.5) is 11.4 Å². The van der Waals surface area contributed by atoms with E-state index < -0.39 is 5.91 Å². The minimum absolute atomic E-state index is 0.180. The molecule has 0 radical (unpaired) electrons. The van der Waals surface area contributed by atoms with E-state index in [1.165, 1.54) is 6.26 Å². The summed E-state index contributed by atoms with van der Waals surface area (Å²) in [5.41, 5.74) is 1.40. The molecular weight excluding hydrogens is 392 g/mol. The molecule has 1 heterocycles. The van der Waals surface area contributed by atoms with Crippen molar-refractivity contribution < 1.29 is 18.7 Å². The Kier molecular flexibility index (Phi) is 6.92. The molecule has 2 N–H and O–H groups in total. The van der Waals surface area contributed by atoms with Gasteiger partial charge in [0.2, 0.25) is 0 Å². The van der Waals surface area contributed by atoms with Crippen LogP contribution in [-0.4, -0.2) is 18.4 Å². The molecule has 7 heteroatoms. The number of ether oxygens (including phenoxy) is 1. The van der Waals surface area contributed by atoms with Crippen LogP contribution in [0.1, 0.15) is 40.7 Å². The molecule has 0 aliphatic heterocycles. The zero-order valence-corrected chi connectivity index (χ0v) is 16.7. The van der Waals surface area contributed by atoms with Gasteiger partial charge >= 0.3 is 0 Å². The predicted octanol–water partition coefficient (Wildman–Crippen LogP) is 5.62. The van der Waals surface area contributed by atoms with Crippen LogP contribution in [0.25, 0.3) is 0 Å². The number of nitrogens with one attached hydrogen (secondary N) is 2. The van der Waals surface area contributed by atoms with Crippen LogP contribution in [-0.2, 0) is 0 Å². The Morgan fingerprint density at radius 2 is 1.90 bits per heavy atom. The fraction of sp³-hybridized carbons (Fsp3) is 0.182. The van der Waals surface area contributed by atoms with Crippen LogP contribution in [0, 0.1) is 0 Å². The molecule has 3 rings (SSSR count). The van der Waals surface area contributed by atoms with E-state index in [1.54, 1.807) is 48.5 Å². The Bertz CT molecular complexity index is 986. The third-order valence-electron chi connectivity index (χ3n) is 4.08. The van der Waals surface area contributed by atoms with Crippen LogP contribution in [0.2, 0.25) is 5.02 Å². The number of carbonyl (C=O) groups is 2. The maximum Gasteiger partial charge on any atom is 0.291 e. The average Bonchev–Trinajstić information content (AvgIpc) is 3.25. The van der Waals surface area contributed by atoms with Crippen molar-refractivity contribution in [1.29, 1.82) is 0 Å². The summed E-state index contributed by atoms with van der Waals surface area (Å²) in [5.74, 6) is 0.141. The Labute approximate surface area is 173 Å². The molecule has 3 aromatic rings. The smallest absolute Gasteiger partial charge is 0.291 e. The highest BCUT2D eigenvalue weighted by molar-refractivity contribution is 6.34. The molecular formula is C22H21ClN2O4. The molecule has 2 amide bonds. The van der Waals surface area contributed by atoms with Gasteiger partial charge in [0.25, 0.3) is 11.8 Å². The molecule has 0 saturated heterocycles. The zero-order valence-electron chi connectivity index (χ0n) is 15.9. The standard InChI is InChI=1S/C22H21ClN2O4/c1-2-3-11-28-17-7-4-6-15(13-17)21(26)24-16-9-10-19(18(23)14-16)25-22(27)20-8-5-12-29-20/h4-10,12-14H,2-3,11H2,1H3,(H,24,26)(H,25,27). The van der Waals surface area contributed by atoms with E-state index in [9.17, 15) is 9.59 Å². The second kappa shape index (κ2) is 9.80. The first-order chi connectivity index (χ1) is 14.1. The van der Waals surface area contributed by atoms with Crippen molar-refractivity contribution >= 4 is 34.8 Å². The van der Waals surface area contributed by atoms with Gasteiger partial charge in [-0.25, -0.2) is 0 Å². The third-order valence-corrected chi connectivity index (χ3v) is 4.40. The Balaban J connectivity index is 1.64. The molecule has 2 aromatic carbocycles. The molecule has 1 aromatic heterocycles. The molecule has 0 fully saturated rings. The van der Waals surface area contributed by atoms with Gasteiger partial charge in [0.1, 0.15) is 5.75 Å². The van der Waals surface area contributed by atoms with Crippen molar-refractivity contribution in [3.05, 3.63) is 77.2 Å². The summed E-state index contributed by atoms with van der Waals surface area (Å²) in [6.45, 7) is 2.70. The van der Waals surface area contributed by atoms with Crippen molar-refractivity contribution in [3.63, 3.8) is 0 Å². The second-order valence-corrected chi connectivity index (χ2v) is 6.72. The van der Waals surface area contributed by atoms with Gasteiger partial charge in [-0.05, 0) is 55.0 Å². The molecule has 0 aliphatic rings. The van der Waals surface area contributed by atoms with Crippen molar-refractivity contribution in [2.45, 2.75) is 19.8 Å². The van der Waals surface area contributed by atoms with Crippen LogP contribution >= 0.6 is 11.6 Å². The fourth-order valence-corrected chi connectivity index (χ4v) is 2.78. The summed E-state index contributed by atoms with van der Waals surface area (Å²) in [7, 11) is 0. The minimum atomic E-state index is -0.409. The highest BCUT2D eigenvalue weighted by Gasteiger charge is 2.13. The maximum absolute atomic E-state index is 12.5. The molecule has 6 nitrogen and oxygen atoms in total. The molecule has 29 heavy (non-hydrogen) atoms. The quantitative estimate of drug-likeness (QED) is 0.471. The van der Waals surface area contributed by atoms with E-state index in [-0.39, 0.29) is 11.7 Å². The van der Waals surface area contributed by atoms with Gasteiger partial charge in [-0.2, -0.15) is 0 Å². The summed E-state index contributed by atoms with van der Waals surface area (Å²) in [4.78, 5) is 24.6. The number of carbonyl (C=O) groups excluding carboxylic acids is 2. The minimum Gasteiger partial charge on any atom is -0.494 e. The topological polar surface area (TPSA) is 80.6 Å². The van der Waals surface area contributed by atoms with Crippen molar-refractivity contribution in [2.24, 2.45) is 0 Å². The molecule has 0 saturated carbocycles. The number of amides is 2. The molecule has 0 unspecified atom stereocenters. The lowest BCUT2D eigenvalue weighted by Gasteiger charge is -2.10. The van der Waals surface area contributed by atoms with Crippen LogP contribution in [0.15, 0.2) is 65.3 Å². The highest BCUT2D eigenvalue weighted by atomic mass is 35.5. The lowest BCUT2D eigenvalue weighted by molar-refractivity contribution is 0.0994. The van der Waals surface area contributed by atoms with E-state index >= 15 is 0 Å². The van der Waals surface area contributed by atoms with Gasteiger partial charge in [0, 0.05) is 11.3 Å². The van der Waals surface area contributed by atoms with Gasteiger partial charge in [-0.1, -0.05) is 31.0 Å². The monoisotopic (exact) mass is 412 g/mol. The molecule has 150 valence electrons. The maximum atomic E-state index is 12.5. The summed E-state index contributed by atoms with van der Waals surface area (Å²) >= 11 is 6.24. The van der Waals surface area contributed by atoms with Crippen LogP contribution in [0.3, 0.4) is 0 Å². The summed E-state index contributed by atoms with van der Waals surface area (Å²) < 4.78 is 10.7. The number of hydrogen-bond donors (Lipinski definition) is 2. The second-order valence-electron chi connectivity index (χ2n) is 6.31. The molecule has 0 atom stereocenters. The van der Waals surface area contributed by atoms with Gasteiger partial charge < -0.3 is 19.8 Å². The average molecular weight is 413 g/mol. The molecule has 0 bridgehead atoms. The fourth-order valence-electron chi connectivity index (χ4n) is 2.55. The van der Waals surface area contributed by atoms with Crippen LogP contribution < -0.4 is 15.4 Å². The predicted molar refractivity (Wildman–Crippen MR) is 113 cm³/mol. The largest absolute Gasteiger partial charge is 0.494 e. The molecule has 0 aliphatic carbocycles. The van der Waals surface area contributed by atoms with E-state index in [4.69, 9.17) is 20.8 Å². The van der Waals surface area contributed by atoms with Crippen molar-refractivity contribution in [2.75, 3.05) is 17.2 Å². The SMILES string of the molecule is CCCCOc1cccc(C(=O)Nc2ccc(NC(=O)c3ccco3)c(Cl)c2)c1. The van der Waals surface area contributed by atoms with Gasteiger partial charge in [-0.3, -0.25) is 9.59 Å². The van der Waals surface area contributed by atoms with Gasteiger partial charge in [0.05, 0.1) is 23.6 Å². The van der Waals surface area contributed by atoms with Crippen LogP contribution in [0.5, 0.6) is 5.75 Å². The number of unbranched alkanes of at least 4 members (excludes halogenated alkanes) is 1. The Morgan fingerprint density at radius 3 is 2.62 bits per heavy atom. The molecule has 0 spiro atoms. The number of rotatable bonds is 8. The first-order valence-electron chi connectivity index (χ1n) is 9.25. The highest BCUT2D eigenvalue weighted by Crippen LogP contribution is 2.26. The Hall–Kier alpha value is -3.25. The van der Waals surface area contributed by atoms with E-state index in [0.29, 0.717) is 34.3 Å². The van der Waals surface area contributed by atoms with E-state index in [2.05, 4.69) is 17.6 Å². The number of furan rings is 1. The van der Waals surface area contributed by atoms with E-state index in [0.717, 1.165) is 12.8 Å². The van der Waals surface area contributed by atoms with Crippen molar-refractivity contribution in [3.8, 4) is 5.75 Å².